The molecular weight excluding hydrogens is 496 g/mol. The summed E-state index contributed by atoms with van der Waals surface area (Å²) >= 11 is 2.90. The Morgan fingerprint density at radius 2 is 1.92 bits per heavy atom. The quantitative estimate of drug-likeness (QED) is 0.208. The number of hydrogen-bond acceptors (Lipinski definition) is 7. The number of aryl methyl sites for hydroxylation is 1. The second-order valence-electron chi connectivity index (χ2n) is 8.32. The first-order chi connectivity index (χ1) is 17.4. The van der Waals surface area contributed by atoms with E-state index in [9.17, 15) is 25.0 Å². The molecule has 184 valence electrons. The Morgan fingerprint density at radius 1 is 1.17 bits per heavy atom. The van der Waals surface area contributed by atoms with Crippen LogP contribution in [0, 0.1) is 21.4 Å². The van der Waals surface area contributed by atoms with Gasteiger partial charge in [0, 0.05) is 33.2 Å². The maximum Gasteiger partial charge on any atom is 0.269 e. The number of nitrogens with zero attached hydrogens (tertiary/aromatic N) is 2. The van der Waals surface area contributed by atoms with Crippen molar-refractivity contribution in [1.29, 1.82) is 5.26 Å². The van der Waals surface area contributed by atoms with Crippen LogP contribution in [0.1, 0.15) is 52.5 Å². The maximum atomic E-state index is 13.1. The van der Waals surface area contributed by atoms with E-state index in [4.69, 9.17) is 0 Å². The molecule has 1 aliphatic rings. The van der Waals surface area contributed by atoms with Crippen LogP contribution in [0.5, 0.6) is 0 Å². The van der Waals surface area contributed by atoms with Gasteiger partial charge >= 0.3 is 0 Å². The molecule has 10 heteroatoms. The second kappa shape index (κ2) is 11.4. The summed E-state index contributed by atoms with van der Waals surface area (Å²) in [5.74, 6) is -0.541. The zero-order chi connectivity index (χ0) is 25.7. The van der Waals surface area contributed by atoms with E-state index in [1.807, 2.05) is 13.0 Å². The monoisotopic (exact) mass is 520 g/mol. The summed E-state index contributed by atoms with van der Waals surface area (Å²) in [4.78, 5) is 38.0. The number of nitro benzene ring substituents is 1. The lowest BCUT2D eigenvalue weighted by molar-refractivity contribution is -0.384. The zero-order valence-electron chi connectivity index (χ0n) is 19.6. The molecule has 2 amide bonds. The van der Waals surface area contributed by atoms with E-state index in [0.29, 0.717) is 28.2 Å². The molecule has 36 heavy (non-hydrogen) atoms. The number of nitro groups is 1. The third-order valence-electron chi connectivity index (χ3n) is 5.89. The first kappa shape index (κ1) is 25.4. The summed E-state index contributed by atoms with van der Waals surface area (Å²) in [5, 5.41) is 26.5. The average Bonchev–Trinajstić information content (AvgIpc) is 3.24. The van der Waals surface area contributed by atoms with Crippen LogP contribution in [-0.2, 0) is 17.6 Å². The van der Waals surface area contributed by atoms with Gasteiger partial charge < -0.3 is 10.6 Å². The van der Waals surface area contributed by atoms with E-state index in [-0.39, 0.29) is 22.8 Å². The summed E-state index contributed by atoms with van der Waals surface area (Å²) in [6.45, 7) is 1.93. The number of thioether (sulfide) groups is 1. The molecule has 0 saturated heterocycles. The zero-order valence-corrected chi connectivity index (χ0v) is 21.2. The number of amides is 2. The minimum absolute atomic E-state index is 0.0848. The van der Waals surface area contributed by atoms with Crippen molar-refractivity contribution in [2.75, 3.05) is 10.6 Å². The average molecular weight is 521 g/mol. The number of carbonyl (C=O) groups is 2. The largest absolute Gasteiger partial charge is 0.322 e. The van der Waals surface area contributed by atoms with E-state index >= 15 is 0 Å². The number of nitrogens with one attached hydrogen (secondary N) is 2. The van der Waals surface area contributed by atoms with Gasteiger partial charge in [0.05, 0.1) is 15.7 Å². The third kappa shape index (κ3) is 5.75. The first-order valence-corrected chi connectivity index (χ1v) is 13.3. The predicted molar refractivity (Wildman–Crippen MR) is 142 cm³/mol. The number of anilines is 2. The highest BCUT2D eigenvalue weighted by Gasteiger charge is 2.25. The van der Waals surface area contributed by atoms with E-state index in [1.165, 1.54) is 52.2 Å². The number of nitriles is 1. The Hall–Kier alpha value is -3.68. The van der Waals surface area contributed by atoms with Gasteiger partial charge in [0.1, 0.15) is 11.1 Å². The number of rotatable bonds is 8. The van der Waals surface area contributed by atoms with Gasteiger partial charge in [0.15, 0.2) is 0 Å². The molecule has 1 heterocycles. The van der Waals surface area contributed by atoms with Gasteiger partial charge in [-0.05, 0) is 68.0 Å². The topological polar surface area (TPSA) is 125 Å². The van der Waals surface area contributed by atoms with Gasteiger partial charge in [-0.2, -0.15) is 5.26 Å². The number of fused-ring (bicyclic) bond motifs is 1. The number of hydrogen-bond donors (Lipinski definition) is 2. The highest BCUT2D eigenvalue weighted by molar-refractivity contribution is 8.00. The van der Waals surface area contributed by atoms with E-state index in [1.54, 1.807) is 18.2 Å². The molecule has 3 aromatic rings. The molecule has 0 saturated carbocycles. The standard InChI is InChI=1S/C26H24N4O4S2/c1-2-22(25(32)29-26-21(15-27)20-8-3-4-9-23(20)36-26)35-19-7-5-6-17(14-19)28-24(31)16-10-12-18(13-11-16)30(33)34/h5-7,10-14,22H,2-4,8-9H2,1H3,(H,28,31)(H,29,32). The third-order valence-corrected chi connectivity index (χ3v) is 8.46. The molecule has 8 nitrogen and oxygen atoms in total. The Balaban J connectivity index is 1.43. The summed E-state index contributed by atoms with van der Waals surface area (Å²) < 4.78 is 0. The summed E-state index contributed by atoms with van der Waals surface area (Å²) in [5.41, 5.74) is 2.45. The number of thiophene rings is 1. The molecule has 2 N–H and O–H groups in total. The van der Waals surface area contributed by atoms with Gasteiger partial charge in [-0.15, -0.1) is 23.1 Å². The van der Waals surface area contributed by atoms with Crippen molar-refractivity contribution in [3.8, 4) is 6.07 Å². The van der Waals surface area contributed by atoms with Crippen molar-refractivity contribution in [2.45, 2.75) is 49.2 Å². The van der Waals surface area contributed by atoms with Crippen LogP contribution < -0.4 is 10.6 Å². The van der Waals surface area contributed by atoms with Crippen molar-refractivity contribution in [3.05, 3.63) is 80.2 Å². The number of carbonyl (C=O) groups excluding carboxylic acids is 2. The number of non-ortho nitro benzene ring substituents is 1. The Morgan fingerprint density at radius 3 is 2.61 bits per heavy atom. The molecule has 2 aromatic carbocycles. The summed E-state index contributed by atoms with van der Waals surface area (Å²) in [7, 11) is 0. The summed E-state index contributed by atoms with van der Waals surface area (Å²) in [6.07, 6.45) is 4.60. The fourth-order valence-electron chi connectivity index (χ4n) is 4.04. The Kier molecular flexibility index (Phi) is 8.03. The first-order valence-electron chi connectivity index (χ1n) is 11.6. The van der Waals surface area contributed by atoms with Crippen molar-refractivity contribution >= 4 is 51.3 Å². The fraction of sp³-hybridized carbons (Fsp3) is 0.269. The van der Waals surface area contributed by atoms with Gasteiger partial charge in [-0.1, -0.05) is 13.0 Å². The summed E-state index contributed by atoms with van der Waals surface area (Å²) in [6, 6.07) is 14.8. The molecule has 1 atom stereocenters. The lowest BCUT2D eigenvalue weighted by Crippen LogP contribution is -2.24. The molecule has 0 fully saturated rings. The maximum absolute atomic E-state index is 13.1. The smallest absolute Gasteiger partial charge is 0.269 e. The SMILES string of the molecule is CCC(Sc1cccc(NC(=O)c2ccc([N+](=O)[O-])cc2)c1)C(=O)Nc1sc2c(c1C#N)CCCC2. The van der Waals surface area contributed by atoms with Crippen molar-refractivity contribution in [2.24, 2.45) is 0 Å². The van der Waals surface area contributed by atoms with E-state index < -0.39 is 4.92 Å². The second-order valence-corrected chi connectivity index (χ2v) is 10.7. The Bertz CT molecular complexity index is 1340. The van der Waals surface area contributed by atoms with Crippen LogP contribution >= 0.6 is 23.1 Å². The van der Waals surface area contributed by atoms with Gasteiger partial charge in [0.25, 0.3) is 11.6 Å². The van der Waals surface area contributed by atoms with Gasteiger partial charge in [-0.25, -0.2) is 0 Å². The van der Waals surface area contributed by atoms with Crippen LogP contribution in [0.4, 0.5) is 16.4 Å². The van der Waals surface area contributed by atoms with Crippen LogP contribution in [-0.4, -0.2) is 22.0 Å². The Labute approximate surface area is 216 Å². The normalized spacial score (nSPS) is 13.2. The van der Waals surface area contributed by atoms with Crippen molar-refractivity contribution in [1.82, 2.24) is 0 Å². The minimum Gasteiger partial charge on any atom is -0.322 e. The van der Waals surface area contributed by atoms with Crippen molar-refractivity contribution < 1.29 is 14.5 Å². The molecule has 0 radical (unpaired) electrons. The molecule has 1 unspecified atom stereocenters. The van der Waals surface area contributed by atoms with E-state index in [0.717, 1.165) is 36.1 Å². The van der Waals surface area contributed by atoms with Gasteiger partial charge in [0.2, 0.25) is 5.91 Å². The molecule has 1 aliphatic carbocycles. The number of benzene rings is 2. The molecule has 0 bridgehead atoms. The molecule has 1 aromatic heterocycles. The lowest BCUT2D eigenvalue weighted by atomic mass is 9.96. The van der Waals surface area contributed by atoms with E-state index in [2.05, 4.69) is 16.7 Å². The highest BCUT2D eigenvalue weighted by Crippen LogP contribution is 2.38. The minimum atomic E-state index is -0.517. The van der Waals surface area contributed by atoms with Crippen molar-refractivity contribution in [3.63, 3.8) is 0 Å². The fourth-order valence-corrected chi connectivity index (χ4v) is 6.29. The highest BCUT2D eigenvalue weighted by atomic mass is 32.2. The van der Waals surface area contributed by atoms with Crippen LogP contribution in [0.2, 0.25) is 0 Å². The van der Waals surface area contributed by atoms with Gasteiger partial charge in [-0.3, -0.25) is 19.7 Å². The van der Waals surface area contributed by atoms with Crippen LogP contribution in [0.25, 0.3) is 0 Å². The molecule has 0 spiro atoms. The molecular formula is C26H24N4O4S2. The molecule has 0 aliphatic heterocycles. The molecule has 4 rings (SSSR count). The van der Waals surface area contributed by atoms with Crippen LogP contribution in [0.15, 0.2) is 53.4 Å². The predicted octanol–water partition coefficient (Wildman–Crippen LogP) is 6.17. The lowest BCUT2D eigenvalue weighted by Gasteiger charge is -2.15. The van der Waals surface area contributed by atoms with Crippen LogP contribution in [0.3, 0.4) is 0 Å².